The van der Waals surface area contributed by atoms with Crippen molar-refractivity contribution < 1.29 is 4.79 Å². The van der Waals surface area contributed by atoms with Crippen molar-refractivity contribution in [2.75, 3.05) is 27.2 Å². The molecule has 1 amide bonds. The van der Waals surface area contributed by atoms with Gasteiger partial charge in [0.25, 0.3) is 11.5 Å². The topological polar surface area (TPSA) is 71.3 Å². The molecule has 1 saturated heterocycles. The van der Waals surface area contributed by atoms with Gasteiger partial charge in [-0.25, -0.2) is 4.98 Å². The van der Waals surface area contributed by atoms with Crippen molar-refractivity contribution in [1.82, 2.24) is 24.3 Å². The molecule has 4 heterocycles. The molecule has 1 fully saturated rings. The van der Waals surface area contributed by atoms with E-state index in [1.807, 2.05) is 47.8 Å². The Morgan fingerprint density at radius 2 is 1.91 bits per heavy atom. The van der Waals surface area contributed by atoms with Crippen LogP contribution in [0.3, 0.4) is 0 Å². The van der Waals surface area contributed by atoms with Gasteiger partial charge in [-0.3, -0.25) is 14.6 Å². The Kier molecular flexibility index (Phi) is 5.35. The van der Waals surface area contributed by atoms with Crippen LogP contribution in [0.2, 0.25) is 0 Å². The normalized spacial score (nSPS) is 19.7. The smallest absolute Gasteiger partial charge is 0.274 e. The summed E-state index contributed by atoms with van der Waals surface area (Å²) in [6.07, 6.45) is 5.63. The summed E-state index contributed by atoms with van der Waals surface area (Å²) >= 11 is 0. The van der Waals surface area contributed by atoms with Crippen LogP contribution in [-0.4, -0.2) is 57.4 Å². The number of aromatic nitrogens is 3. The highest BCUT2D eigenvalue weighted by molar-refractivity contribution is 5.92. The average molecular weight is 430 g/mol. The first-order chi connectivity index (χ1) is 15.5. The van der Waals surface area contributed by atoms with Gasteiger partial charge >= 0.3 is 0 Å². The maximum absolute atomic E-state index is 13.6. The Hall–Kier alpha value is -3.32. The van der Waals surface area contributed by atoms with Gasteiger partial charge in [-0.15, -0.1) is 0 Å². The number of benzene rings is 1. The Morgan fingerprint density at radius 3 is 2.69 bits per heavy atom. The molecule has 0 radical (unpaired) electrons. The second kappa shape index (κ2) is 8.31. The number of pyridine rings is 1. The van der Waals surface area contributed by atoms with E-state index >= 15 is 0 Å². The number of rotatable bonds is 4. The maximum Gasteiger partial charge on any atom is 0.274 e. The number of amides is 1. The largest absolute Gasteiger partial charge is 0.336 e. The van der Waals surface area contributed by atoms with Gasteiger partial charge in [0.2, 0.25) is 0 Å². The fourth-order valence-electron chi connectivity index (χ4n) is 5.15. The van der Waals surface area contributed by atoms with E-state index in [0.717, 1.165) is 35.3 Å². The molecule has 2 atom stereocenters. The number of fused-ring (bicyclic) bond motifs is 4. The second-order valence-electron chi connectivity index (χ2n) is 9.08. The van der Waals surface area contributed by atoms with E-state index in [0.29, 0.717) is 25.3 Å². The first-order valence-electron chi connectivity index (χ1n) is 11.0. The van der Waals surface area contributed by atoms with Gasteiger partial charge in [-0.2, -0.15) is 0 Å². The molecule has 2 aromatic heterocycles. The molecule has 3 aromatic rings. The van der Waals surface area contributed by atoms with Crippen LogP contribution in [0, 0.1) is 5.92 Å². The van der Waals surface area contributed by atoms with Crippen LogP contribution in [-0.2, 0) is 13.1 Å². The summed E-state index contributed by atoms with van der Waals surface area (Å²) in [5, 5.41) is 0. The predicted molar refractivity (Wildman–Crippen MR) is 122 cm³/mol. The number of carbonyl (C=O) groups excluding carboxylic acids is 1. The first-order valence-corrected chi connectivity index (χ1v) is 11.0. The first kappa shape index (κ1) is 20.6. The highest BCUT2D eigenvalue weighted by Gasteiger charge is 2.37. The molecule has 1 aromatic carbocycles. The number of likely N-dealkylation sites (tertiary alicyclic amines) is 1. The van der Waals surface area contributed by atoms with E-state index in [1.165, 1.54) is 6.20 Å². The van der Waals surface area contributed by atoms with Crippen molar-refractivity contribution in [3.63, 3.8) is 0 Å². The molecular formula is C25H27N5O2. The van der Waals surface area contributed by atoms with Crippen molar-refractivity contribution in [2.45, 2.75) is 25.4 Å². The molecule has 7 nitrogen and oxygen atoms in total. The fourth-order valence-corrected chi connectivity index (χ4v) is 5.15. The van der Waals surface area contributed by atoms with Crippen molar-refractivity contribution in [3.05, 3.63) is 82.3 Å². The molecule has 2 bridgehead atoms. The molecule has 2 aliphatic rings. The van der Waals surface area contributed by atoms with E-state index in [4.69, 9.17) is 0 Å². The van der Waals surface area contributed by atoms with Crippen LogP contribution in [0.25, 0.3) is 11.1 Å². The van der Waals surface area contributed by atoms with Gasteiger partial charge < -0.3 is 14.4 Å². The second-order valence-corrected chi connectivity index (χ2v) is 9.08. The van der Waals surface area contributed by atoms with Crippen LogP contribution >= 0.6 is 0 Å². The third-order valence-corrected chi connectivity index (χ3v) is 6.47. The Bertz CT molecular complexity index is 1200. The Labute approximate surface area is 187 Å². The summed E-state index contributed by atoms with van der Waals surface area (Å²) in [5.41, 5.74) is 4.36. The monoisotopic (exact) mass is 429 g/mol. The lowest BCUT2D eigenvalue weighted by Crippen LogP contribution is -2.49. The SMILES string of the molecule is CN(C)Cc1ccccc1-c1ccc2n(c1=O)C[C@H]1C[C@@H]2CN(C(=O)c2cnccn2)C1. The van der Waals surface area contributed by atoms with Crippen molar-refractivity contribution in [1.29, 1.82) is 0 Å². The van der Waals surface area contributed by atoms with Gasteiger partial charge in [0.15, 0.2) is 0 Å². The molecule has 0 aliphatic carbocycles. The van der Waals surface area contributed by atoms with E-state index in [9.17, 15) is 9.59 Å². The minimum Gasteiger partial charge on any atom is -0.336 e. The summed E-state index contributed by atoms with van der Waals surface area (Å²) in [6.45, 7) is 2.65. The molecule has 0 saturated carbocycles. The van der Waals surface area contributed by atoms with Crippen LogP contribution in [0.5, 0.6) is 0 Å². The minimum absolute atomic E-state index is 0.0668. The number of piperidine rings is 1. The molecule has 2 aliphatic heterocycles. The highest BCUT2D eigenvalue weighted by Crippen LogP contribution is 2.36. The third kappa shape index (κ3) is 3.73. The standard InChI is InChI=1S/C25H27N5O2/c1-28(2)15-18-5-3-4-6-20(18)21-7-8-23-19-11-17(14-30(23)24(21)31)13-29(16-19)25(32)22-12-26-9-10-27-22/h3-10,12,17,19H,11,13-16H2,1-2H3/t17-,19+/m0/s1. The number of hydrogen-bond donors (Lipinski definition) is 0. The highest BCUT2D eigenvalue weighted by atomic mass is 16.2. The zero-order valence-corrected chi connectivity index (χ0v) is 18.4. The zero-order valence-electron chi connectivity index (χ0n) is 18.4. The lowest BCUT2D eigenvalue weighted by Gasteiger charge is -2.42. The number of carbonyl (C=O) groups is 1. The van der Waals surface area contributed by atoms with Gasteiger partial charge in [0.1, 0.15) is 5.69 Å². The molecular weight excluding hydrogens is 402 g/mol. The average Bonchev–Trinajstić information content (AvgIpc) is 2.80. The van der Waals surface area contributed by atoms with Gasteiger partial charge in [0.05, 0.1) is 6.20 Å². The van der Waals surface area contributed by atoms with Gasteiger partial charge in [-0.1, -0.05) is 24.3 Å². The third-order valence-electron chi connectivity index (χ3n) is 6.47. The summed E-state index contributed by atoms with van der Waals surface area (Å²) in [5.74, 6) is 0.326. The Balaban J connectivity index is 1.47. The maximum atomic E-state index is 13.6. The van der Waals surface area contributed by atoms with E-state index < -0.39 is 0 Å². The lowest BCUT2D eigenvalue weighted by atomic mass is 9.82. The van der Waals surface area contributed by atoms with Gasteiger partial charge in [-0.05, 0) is 49.7 Å². The van der Waals surface area contributed by atoms with Crippen LogP contribution < -0.4 is 5.56 Å². The molecule has 32 heavy (non-hydrogen) atoms. The predicted octanol–water partition coefficient (Wildman–Crippen LogP) is 2.63. The summed E-state index contributed by atoms with van der Waals surface area (Å²) < 4.78 is 1.95. The summed E-state index contributed by atoms with van der Waals surface area (Å²) in [6, 6.07) is 12.2. The lowest BCUT2D eigenvalue weighted by molar-refractivity contribution is 0.0588. The zero-order chi connectivity index (χ0) is 22.2. The van der Waals surface area contributed by atoms with Crippen molar-refractivity contribution >= 4 is 5.91 Å². The molecule has 0 spiro atoms. The summed E-state index contributed by atoms with van der Waals surface area (Å²) in [7, 11) is 4.07. The van der Waals surface area contributed by atoms with E-state index in [1.54, 1.807) is 12.4 Å². The van der Waals surface area contributed by atoms with Crippen molar-refractivity contribution in [3.8, 4) is 11.1 Å². The molecule has 5 rings (SSSR count). The summed E-state index contributed by atoms with van der Waals surface area (Å²) in [4.78, 5) is 38.7. The van der Waals surface area contributed by atoms with Crippen LogP contribution in [0.4, 0.5) is 0 Å². The minimum atomic E-state index is -0.0853. The van der Waals surface area contributed by atoms with Crippen LogP contribution in [0.1, 0.15) is 34.1 Å². The molecule has 0 N–H and O–H groups in total. The molecule has 0 unspecified atom stereocenters. The number of hydrogen-bond acceptors (Lipinski definition) is 5. The molecule has 164 valence electrons. The van der Waals surface area contributed by atoms with Gasteiger partial charge in [0, 0.05) is 55.7 Å². The number of nitrogens with zero attached hydrogens (tertiary/aromatic N) is 5. The van der Waals surface area contributed by atoms with E-state index in [2.05, 4.69) is 27.0 Å². The van der Waals surface area contributed by atoms with Crippen molar-refractivity contribution in [2.24, 2.45) is 5.92 Å². The molecule has 7 heteroatoms. The quantitative estimate of drug-likeness (QED) is 0.638. The Morgan fingerprint density at radius 1 is 1.06 bits per heavy atom. The van der Waals surface area contributed by atoms with E-state index in [-0.39, 0.29) is 23.3 Å². The fraction of sp³-hybridized carbons (Fsp3) is 0.360. The van der Waals surface area contributed by atoms with Crippen LogP contribution in [0.15, 0.2) is 59.8 Å².